The zero-order valence-corrected chi connectivity index (χ0v) is 10.5. The molecule has 3 unspecified atom stereocenters. The number of nitrogens with two attached hydrogens (primary N) is 1. The molecule has 3 saturated heterocycles. The zero-order chi connectivity index (χ0) is 11.9. The fourth-order valence-corrected chi connectivity index (χ4v) is 4.13. The molecule has 3 atom stereocenters. The van der Waals surface area contributed by atoms with Gasteiger partial charge in [0.25, 0.3) is 0 Å². The van der Waals surface area contributed by atoms with Crippen molar-refractivity contribution in [2.45, 2.75) is 56.2 Å². The van der Waals surface area contributed by atoms with Gasteiger partial charge in [-0.1, -0.05) is 0 Å². The average molecular weight is 240 g/mol. The van der Waals surface area contributed by atoms with Crippen LogP contribution in [0.15, 0.2) is 0 Å². The van der Waals surface area contributed by atoms with Gasteiger partial charge in [-0.15, -0.1) is 0 Å². The standard InChI is InChI=1S/C13H24N2O2/c14-8-12(4-1-5-17-9-12)13(16)6-10-2-3-11(7-13)15-10/h10-11,15-16H,1-9,14H2. The summed E-state index contributed by atoms with van der Waals surface area (Å²) in [5.74, 6) is 0. The van der Waals surface area contributed by atoms with Crippen LogP contribution in [0.25, 0.3) is 0 Å². The van der Waals surface area contributed by atoms with Gasteiger partial charge in [0.1, 0.15) is 0 Å². The number of hydrogen-bond donors (Lipinski definition) is 3. The average Bonchev–Trinajstić information content (AvgIpc) is 2.70. The maximum atomic E-state index is 11.1. The molecule has 0 radical (unpaired) electrons. The highest BCUT2D eigenvalue weighted by Gasteiger charge is 2.55. The Kier molecular flexibility index (Phi) is 2.94. The minimum atomic E-state index is -0.612. The number of fused-ring (bicyclic) bond motifs is 2. The molecule has 2 bridgehead atoms. The molecule has 3 heterocycles. The third-order valence-corrected chi connectivity index (χ3v) is 5.20. The van der Waals surface area contributed by atoms with Crippen molar-refractivity contribution in [1.29, 1.82) is 0 Å². The highest BCUT2D eigenvalue weighted by atomic mass is 16.5. The van der Waals surface area contributed by atoms with Crippen LogP contribution >= 0.6 is 0 Å². The van der Waals surface area contributed by atoms with E-state index in [0.717, 1.165) is 32.3 Å². The van der Waals surface area contributed by atoms with Crippen molar-refractivity contribution >= 4 is 0 Å². The number of aliphatic hydroxyl groups is 1. The molecule has 3 rings (SSSR count). The summed E-state index contributed by atoms with van der Waals surface area (Å²) in [7, 11) is 0. The predicted octanol–water partition coefficient (Wildman–Crippen LogP) is 0.387. The van der Waals surface area contributed by atoms with Crippen molar-refractivity contribution in [2.75, 3.05) is 19.8 Å². The topological polar surface area (TPSA) is 67.5 Å². The number of ether oxygens (including phenoxy) is 1. The van der Waals surface area contributed by atoms with Crippen molar-refractivity contribution in [3.63, 3.8) is 0 Å². The maximum absolute atomic E-state index is 11.1. The van der Waals surface area contributed by atoms with Gasteiger partial charge in [0.15, 0.2) is 0 Å². The molecule has 0 aromatic heterocycles. The monoisotopic (exact) mass is 240 g/mol. The van der Waals surface area contributed by atoms with E-state index in [1.165, 1.54) is 12.8 Å². The quantitative estimate of drug-likeness (QED) is 0.653. The van der Waals surface area contributed by atoms with E-state index in [0.29, 0.717) is 25.2 Å². The van der Waals surface area contributed by atoms with E-state index in [9.17, 15) is 5.11 Å². The van der Waals surface area contributed by atoms with Crippen LogP contribution in [0.3, 0.4) is 0 Å². The van der Waals surface area contributed by atoms with Crippen molar-refractivity contribution in [2.24, 2.45) is 11.1 Å². The van der Waals surface area contributed by atoms with E-state index in [-0.39, 0.29) is 5.41 Å². The van der Waals surface area contributed by atoms with Gasteiger partial charge in [0, 0.05) is 30.7 Å². The van der Waals surface area contributed by atoms with Crippen molar-refractivity contribution in [1.82, 2.24) is 5.32 Å². The van der Waals surface area contributed by atoms with Crippen LogP contribution < -0.4 is 11.1 Å². The molecule has 98 valence electrons. The van der Waals surface area contributed by atoms with E-state index >= 15 is 0 Å². The lowest BCUT2D eigenvalue weighted by Crippen LogP contribution is -2.62. The predicted molar refractivity (Wildman–Crippen MR) is 65.7 cm³/mol. The Bertz CT molecular complexity index is 277. The minimum Gasteiger partial charge on any atom is -0.389 e. The molecule has 3 aliphatic heterocycles. The van der Waals surface area contributed by atoms with Gasteiger partial charge in [-0.2, -0.15) is 0 Å². The summed E-state index contributed by atoms with van der Waals surface area (Å²) in [5.41, 5.74) is 5.19. The highest BCUT2D eigenvalue weighted by Crippen LogP contribution is 2.48. The van der Waals surface area contributed by atoms with E-state index in [2.05, 4.69) is 5.32 Å². The lowest BCUT2D eigenvalue weighted by atomic mass is 9.63. The SMILES string of the molecule is NCC1(C2(O)CC3CCC(C2)N3)CCCOC1. The molecule has 4 heteroatoms. The first kappa shape index (κ1) is 11.9. The summed E-state index contributed by atoms with van der Waals surface area (Å²) in [6.45, 7) is 2.01. The molecule has 0 saturated carbocycles. The van der Waals surface area contributed by atoms with Crippen LogP contribution in [-0.4, -0.2) is 42.5 Å². The van der Waals surface area contributed by atoms with E-state index < -0.39 is 5.60 Å². The van der Waals surface area contributed by atoms with Crippen LogP contribution in [0, 0.1) is 5.41 Å². The van der Waals surface area contributed by atoms with E-state index in [4.69, 9.17) is 10.5 Å². The molecule has 4 nitrogen and oxygen atoms in total. The third kappa shape index (κ3) is 1.82. The second kappa shape index (κ2) is 4.19. The van der Waals surface area contributed by atoms with Crippen molar-refractivity contribution < 1.29 is 9.84 Å². The smallest absolute Gasteiger partial charge is 0.0767 e. The fourth-order valence-electron chi connectivity index (χ4n) is 4.13. The summed E-state index contributed by atoms with van der Waals surface area (Å²) in [6.07, 6.45) is 6.15. The molecule has 0 aromatic carbocycles. The molecule has 3 fully saturated rings. The molecule has 0 amide bonds. The number of hydrogen-bond acceptors (Lipinski definition) is 4. The van der Waals surface area contributed by atoms with Gasteiger partial charge < -0.3 is 20.9 Å². The minimum absolute atomic E-state index is 0.200. The largest absolute Gasteiger partial charge is 0.389 e. The van der Waals surface area contributed by atoms with Gasteiger partial charge in [0.2, 0.25) is 0 Å². The summed E-state index contributed by atoms with van der Waals surface area (Å²) in [5, 5.41) is 14.7. The summed E-state index contributed by atoms with van der Waals surface area (Å²) < 4.78 is 5.63. The van der Waals surface area contributed by atoms with E-state index in [1.807, 2.05) is 0 Å². The Morgan fingerprint density at radius 2 is 2.00 bits per heavy atom. The maximum Gasteiger partial charge on any atom is 0.0767 e. The van der Waals surface area contributed by atoms with Gasteiger partial charge in [-0.25, -0.2) is 0 Å². The summed E-state index contributed by atoms with van der Waals surface area (Å²) in [4.78, 5) is 0. The Morgan fingerprint density at radius 3 is 2.53 bits per heavy atom. The van der Waals surface area contributed by atoms with Gasteiger partial charge in [0.05, 0.1) is 12.2 Å². The van der Waals surface area contributed by atoms with Gasteiger partial charge in [-0.05, 0) is 38.5 Å². The van der Waals surface area contributed by atoms with Crippen LogP contribution in [-0.2, 0) is 4.74 Å². The second-order valence-corrected chi connectivity index (χ2v) is 6.22. The van der Waals surface area contributed by atoms with E-state index in [1.54, 1.807) is 0 Å². The Balaban J connectivity index is 1.84. The van der Waals surface area contributed by atoms with Crippen molar-refractivity contribution in [3.8, 4) is 0 Å². The summed E-state index contributed by atoms with van der Waals surface area (Å²) >= 11 is 0. The first-order chi connectivity index (χ1) is 8.17. The molecule has 4 N–H and O–H groups in total. The lowest BCUT2D eigenvalue weighted by molar-refractivity contribution is -0.162. The van der Waals surface area contributed by atoms with Crippen LogP contribution in [0.4, 0.5) is 0 Å². The third-order valence-electron chi connectivity index (χ3n) is 5.20. The molecular formula is C13H24N2O2. The Hall–Kier alpha value is -0.160. The van der Waals surface area contributed by atoms with Crippen LogP contribution in [0.2, 0.25) is 0 Å². The molecule has 0 spiro atoms. The lowest BCUT2D eigenvalue weighted by Gasteiger charge is -2.52. The first-order valence-electron chi connectivity index (χ1n) is 6.94. The number of piperidine rings is 1. The molecule has 0 aliphatic carbocycles. The molecule has 0 aromatic rings. The van der Waals surface area contributed by atoms with Crippen molar-refractivity contribution in [3.05, 3.63) is 0 Å². The molecule has 3 aliphatic rings. The highest BCUT2D eigenvalue weighted by molar-refractivity contribution is 5.09. The second-order valence-electron chi connectivity index (χ2n) is 6.22. The first-order valence-corrected chi connectivity index (χ1v) is 6.94. The van der Waals surface area contributed by atoms with Gasteiger partial charge in [-0.3, -0.25) is 0 Å². The molecule has 17 heavy (non-hydrogen) atoms. The fraction of sp³-hybridized carbons (Fsp3) is 1.00. The summed E-state index contributed by atoms with van der Waals surface area (Å²) in [6, 6.07) is 0.980. The number of rotatable bonds is 2. The normalized spacial score (nSPS) is 50.5. The Labute approximate surface area is 103 Å². The van der Waals surface area contributed by atoms with Gasteiger partial charge >= 0.3 is 0 Å². The van der Waals surface area contributed by atoms with Crippen LogP contribution in [0.1, 0.15) is 38.5 Å². The molecular weight excluding hydrogens is 216 g/mol. The zero-order valence-electron chi connectivity index (χ0n) is 10.5. The Morgan fingerprint density at radius 1 is 1.29 bits per heavy atom. The van der Waals surface area contributed by atoms with Crippen LogP contribution in [0.5, 0.6) is 0 Å². The number of nitrogens with one attached hydrogen (secondary N) is 1.